The molecule has 0 radical (unpaired) electrons. The van der Waals surface area contributed by atoms with E-state index in [1.807, 2.05) is 0 Å². The van der Waals surface area contributed by atoms with Crippen molar-refractivity contribution in [3.8, 4) is 0 Å². The number of amides is 2. The number of β-amino-alcohol motifs (C(OH)–C–C–N with tert-alkyl or cyclic N) is 1. The van der Waals surface area contributed by atoms with Gasteiger partial charge in [-0.15, -0.1) is 0 Å². The van der Waals surface area contributed by atoms with Crippen LogP contribution in [0.5, 0.6) is 0 Å². The van der Waals surface area contributed by atoms with Crippen LogP contribution < -0.4 is 0 Å². The van der Waals surface area contributed by atoms with Crippen molar-refractivity contribution in [1.82, 2.24) is 4.90 Å². The van der Waals surface area contributed by atoms with E-state index >= 15 is 0 Å². The largest absolute Gasteiger partial charge is 0.387 e. The maximum absolute atomic E-state index is 13.2. The Hall–Kier alpha value is -2.60. The van der Waals surface area contributed by atoms with Gasteiger partial charge in [0, 0.05) is 0 Å². The molecular formula is C16H11F2NO3. The topological polar surface area (TPSA) is 57.6 Å². The van der Waals surface area contributed by atoms with Gasteiger partial charge in [0.1, 0.15) is 11.6 Å². The maximum Gasteiger partial charge on any atom is 0.261 e. The number of benzene rings is 2. The molecule has 0 bridgehead atoms. The van der Waals surface area contributed by atoms with Gasteiger partial charge in [0.25, 0.3) is 11.8 Å². The predicted octanol–water partition coefficient (Wildman–Crippen LogP) is 2.29. The molecule has 4 nitrogen and oxygen atoms in total. The first-order valence-electron chi connectivity index (χ1n) is 6.56. The molecule has 1 aliphatic rings. The van der Waals surface area contributed by atoms with E-state index in [9.17, 15) is 23.5 Å². The minimum Gasteiger partial charge on any atom is -0.387 e. The molecule has 2 amide bonds. The normalized spacial score (nSPS) is 15.1. The van der Waals surface area contributed by atoms with Crippen LogP contribution in [0.2, 0.25) is 0 Å². The molecule has 22 heavy (non-hydrogen) atoms. The molecule has 112 valence electrons. The Morgan fingerprint density at radius 3 is 2.18 bits per heavy atom. The highest BCUT2D eigenvalue weighted by atomic mass is 19.1. The Morgan fingerprint density at radius 1 is 0.909 bits per heavy atom. The van der Waals surface area contributed by atoms with Gasteiger partial charge in [-0.1, -0.05) is 12.1 Å². The van der Waals surface area contributed by atoms with Crippen LogP contribution in [0.4, 0.5) is 8.78 Å². The number of fused-ring (bicyclic) bond motifs is 1. The van der Waals surface area contributed by atoms with E-state index < -0.39 is 29.6 Å². The lowest BCUT2D eigenvalue weighted by Crippen LogP contribution is -2.33. The molecule has 0 spiro atoms. The van der Waals surface area contributed by atoms with Gasteiger partial charge in [-0.3, -0.25) is 14.5 Å². The Labute approximate surface area is 124 Å². The first kappa shape index (κ1) is 14.3. The summed E-state index contributed by atoms with van der Waals surface area (Å²) in [5, 5.41) is 10.1. The van der Waals surface area contributed by atoms with Crippen molar-refractivity contribution in [1.29, 1.82) is 0 Å². The highest BCUT2D eigenvalue weighted by Crippen LogP contribution is 2.26. The summed E-state index contributed by atoms with van der Waals surface area (Å²) in [6.45, 7) is -0.278. The number of carbonyl (C=O) groups is 2. The van der Waals surface area contributed by atoms with E-state index in [1.165, 1.54) is 30.3 Å². The van der Waals surface area contributed by atoms with Crippen LogP contribution in [0, 0.1) is 11.6 Å². The van der Waals surface area contributed by atoms with Crippen molar-refractivity contribution in [3.63, 3.8) is 0 Å². The first-order valence-corrected chi connectivity index (χ1v) is 6.56. The van der Waals surface area contributed by atoms with Gasteiger partial charge in [0.05, 0.1) is 23.8 Å². The minimum atomic E-state index is -1.15. The Bertz CT molecular complexity index is 758. The summed E-state index contributed by atoms with van der Waals surface area (Å²) in [6.07, 6.45) is -1.15. The zero-order chi connectivity index (χ0) is 15.9. The van der Waals surface area contributed by atoms with Crippen molar-refractivity contribution in [3.05, 3.63) is 70.8 Å². The molecule has 0 fully saturated rings. The number of nitrogens with zero attached hydrogens (tertiary/aromatic N) is 1. The van der Waals surface area contributed by atoms with E-state index in [4.69, 9.17) is 0 Å². The van der Waals surface area contributed by atoms with Crippen molar-refractivity contribution in [2.45, 2.75) is 6.10 Å². The molecule has 0 saturated carbocycles. The second-order valence-corrected chi connectivity index (χ2v) is 4.98. The van der Waals surface area contributed by atoms with Gasteiger partial charge in [-0.05, 0) is 35.9 Å². The third-order valence-electron chi connectivity index (χ3n) is 3.54. The van der Waals surface area contributed by atoms with Crippen LogP contribution in [0.15, 0.2) is 42.5 Å². The van der Waals surface area contributed by atoms with Crippen LogP contribution in [0.3, 0.4) is 0 Å². The standard InChI is InChI=1S/C16H11F2NO3/c17-10-3-1-9(2-4-10)14(20)8-19-15(21)12-6-5-11(18)7-13(12)16(19)22/h1-7,14,20H,8H2. The van der Waals surface area contributed by atoms with Gasteiger partial charge in [0.2, 0.25) is 0 Å². The number of hydrogen-bond donors (Lipinski definition) is 1. The van der Waals surface area contributed by atoms with Crippen LogP contribution in [-0.4, -0.2) is 28.4 Å². The number of carbonyl (C=O) groups excluding carboxylic acids is 2. The molecule has 2 aromatic rings. The number of halogens is 2. The smallest absolute Gasteiger partial charge is 0.261 e. The molecular weight excluding hydrogens is 292 g/mol. The van der Waals surface area contributed by atoms with Gasteiger partial charge in [-0.2, -0.15) is 0 Å². The van der Waals surface area contributed by atoms with Crippen molar-refractivity contribution in [2.75, 3.05) is 6.54 Å². The van der Waals surface area contributed by atoms with Crippen molar-refractivity contribution in [2.24, 2.45) is 0 Å². The molecule has 3 rings (SSSR count). The highest BCUT2D eigenvalue weighted by Gasteiger charge is 2.36. The Morgan fingerprint density at radius 2 is 1.50 bits per heavy atom. The van der Waals surface area contributed by atoms with Crippen LogP contribution in [-0.2, 0) is 0 Å². The fourth-order valence-corrected chi connectivity index (χ4v) is 2.39. The van der Waals surface area contributed by atoms with Gasteiger partial charge < -0.3 is 5.11 Å². The molecule has 1 unspecified atom stereocenters. The lowest BCUT2D eigenvalue weighted by Gasteiger charge is -2.18. The number of rotatable bonds is 3. The molecule has 0 aromatic heterocycles. The minimum absolute atomic E-state index is 0.0173. The van der Waals surface area contributed by atoms with Crippen LogP contribution in [0.25, 0.3) is 0 Å². The first-order chi connectivity index (χ1) is 10.5. The third-order valence-corrected chi connectivity index (χ3v) is 3.54. The Balaban J connectivity index is 1.83. The summed E-state index contributed by atoms with van der Waals surface area (Å²) in [7, 11) is 0. The van der Waals surface area contributed by atoms with E-state index in [1.54, 1.807) is 0 Å². The van der Waals surface area contributed by atoms with E-state index in [0.717, 1.165) is 17.0 Å². The number of hydrogen-bond acceptors (Lipinski definition) is 3. The SMILES string of the molecule is O=C1c2ccc(F)cc2C(=O)N1CC(O)c1ccc(F)cc1. The molecule has 1 heterocycles. The number of aliphatic hydroxyl groups excluding tert-OH is 1. The molecule has 1 atom stereocenters. The molecule has 0 saturated heterocycles. The second-order valence-electron chi connectivity index (χ2n) is 4.98. The highest BCUT2D eigenvalue weighted by molar-refractivity contribution is 6.21. The Kier molecular flexibility index (Phi) is 3.46. The van der Waals surface area contributed by atoms with Crippen LogP contribution >= 0.6 is 0 Å². The van der Waals surface area contributed by atoms with E-state index in [2.05, 4.69) is 0 Å². The van der Waals surface area contributed by atoms with E-state index in [-0.39, 0.29) is 17.7 Å². The second kappa shape index (κ2) is 5.31. The number of imide groups is 1. The van der Waals surface area contributed by atoms with E-state index in [0.29, 0.717) is 5.56 Å². The third kappa shape index (κ3) is 2.37. The molecule has 6 heteroatoms. The van der Waals surface area contributed by atoms with Crippen molar-refractivity contribution < 1.29 is 23.5 Å². The average molecular weight is 303 g/mol. The molecule has 1 N–H and O–H groups in total. The summed E-state index contributed by atoms with van der Waals surface area (Å²) in [4.78, 5) is 25.2. The lowest BCUT2D eigenvalue weighted by atomic mass is 10.1. The summed E-state index contributed by atoms with van der Waals surface area (Å²) in [5.74, 6) is -2.30. The van der Waals surface area contributed by atoms with Gasteiger partial charge in [-0.25, -0.2) is 8.78 Å². The summed E-state index contributed by atoms with van der Waals surface area (Å²) in [6, 6.07) is 8.45. The van der Waals surface area contributed by atoms with Crippen LogP contribution in [0.1, 0.15) is 32.4 Å². The summed E-state index contributed by atoms with van der Waals surface area (Å²) in [5.41, 5.74) is 0.471. The fraction of sp³-hybridized carbons (Fsp3) is 0.125. The fourth-order valence-electron chi connectivity index (χ4n) is 2.39. The zero-order valence-corrected chi connectivity index (χ0v) is 11.3. The molecule has 1 aliphatic heterocycles. The average Bonchev–Trinajstić information content (AvgIpc) is 2.72. The monoisotopic (exact) mass is 303 g/mol. The number of aliphatic hydroxyl groups is 1. The quantitative estimate of drug-likeness (QED) is 0.885. The molecule has 0 aliphatic carbocycles. The summed E-state index contributed by atoms with van der Waals surface area (Å²) < 4.78 is 26.0. The maximum atomic E-state index is 13.2. The predicted molar refractivity (Wildman–Crippen MR) is 73.1 cm³/mol. The zero-order valence-electron chi connectivity index (χ0n) is 11.3. The van der Waals surface area contributed by atoms with Crippen molar-refractivity contribution >= 4 is 11.8 Å². The molecule has 2 aromatic carbocycles. The summed E-state index contributed by atoms with van der Waals surface area (Å²) >= 11 is 0. The van der Waals surface area contributed by atoms with Gasteiger partial charge in [0.15, 0.2) is 0 Å². The van der Waals surface area contributed by atoms with Gasteiger partial charge >= 0.3 is 0 Å². The lowest BCUT2D eigenvalue weighted by molar-refractivity contribution is 0.0543.